The molecule has 0 saturated carbocycles. The SMILES string of the molecule is CC1C=CC=CC1(C)S(=O)(=O)[O-].C[N+](C)(C)C. The van der Waals surface area contributed by atoms with Crippen LogP contribution in [0.5, 0.6) is 0 Å². The van der Waals surface area contributed by atoms with E-state index in [2.05, 4.69) is 28.2 Å². The topological polar surface area (TPSA) is 57.2 Å². The van der Waals surface area contributed by atoms with E-state index < -0.39 is 14.9 Å². The molecular formula is C12H23NO3S. The minimum Gasteiger partial charge on any atom is -0.747 e. The fourth-order valence-corrected chi connectivity index (χ4v) is 1.91. The van der Waals surface area contributed by atoms with Gasteiger partial charge in [-0.15, -0.1) is 0 Å². The van der Waals surface area contributed by atoms with Gasteiger partial charge < -0.3 is 9.04 Å². The molecule has 17 heavy (non-hydrogen) atoms. The molecule has 0 bridgehead atoms. The van der Waals surface area contributed by atoms with Crippen LogP contribution >= 0.6 is 0 Å². The van der Waals surface area contributed by atoms with Crippen molar-refractivity contribution in [2.75, 3.05) is 28.2 Å². The summed E-state index contributed by atoms with van der Waals surface area (Å²) in [5.74, 6) is -0.259. The van der Waals surface area contributed by atoms with Gasteiger partial charge in [0.15, 0.2) is 0 Å². The summed E-state index contributed by atoms with van der Waals surface area (Å²) in [7, 11) is 4.24. The fourth-order valence-electron chi connectivity index (χ4n) is 1.13. The van der Waals surface area contributed by atoms with Crippen LogP contribution < -0.4 is 0 Å². The molecule has 0 aliphatic heterocycles. The molecule has 0 aromatic heterocycles. The molecule has 2 unspecified atom stereocenters. The highest BCUT2D eigenvalue weighted by molar-refractivity contribution is 7.87. The van der Waals surface area contributed by atoms with Gasteiger partial charge in [-0.1, -0.05) is 31.2 Å². The van der Waals surface area contributed by atoms with Gasteiger partial charge in [-0.3, -0.25) is 0 Å². The second-order valence-corrected chi connectivity index (χ2v) is 7.64. The van der Waals surface area contributed by atoms with E-state index in [1.165, 1.54) is 13.0 Å². The van der Waals surface area contributed by atoms with Gasteiger partial charge in [-0.2, -0.15) is 0 Å². The maximum absolute atomic E-state index is 10.9. The molecule has 0 heterocycles. The van der Waals surface area contributed by atoms with Crippen molar-refractivity contribution in [2.45, 2.75) is 18.6 Å². The Morgan fingerprint density at radius 3 is 1.82 bits per heavy atom. The van der Waals surface area contributed by atoms with E-state index in [-0.39, 0.29) is 5.92 Å². The van der Waals surface area contributed by atoms with Gasteiger partial charge in [0, 0.05) is 0 Å². The van der Waals surface area contributed by atoms with Crippen molar-refractivity contribution >= 4 is 10.1 Å². The summed E-state index contributed by atoms with van der Waals surface area (Å²) in [6.07, 6.45) is 6.50. The summed E-state index contributed by atoms with van der Waals surface area (Å²) >= 11 is 0. The predicted octanol–water partition coefficient (Wildman–Crippen LogP) is 1.37. The third-order valence-corrected chi connectivity index (χ3v) is 3.97. The highest BCUT2D eigenvalue weighted by atomic mass is 32.2. The molecular weight excluding hydrogens is 238 g/mol. The van der Waals surface area contributed by atoms with Crippen LogP contribution in [0.25, 0.3) is 0 Å². The zero-order chi connectivity index (χ0) is 13.9. The Kier molecular flexibility index (Phi) is 5.13. The van der Waals surface area contributed by atoms with Crippen molar-refractivity contribution in [3.63, 3.8) is 0 Å². The second-order valence-electron chi connectivity index (χ2n) is 5.85. The molecule has 1 aliphatic rings. The summed E-state index contributed by atoms with van der Waals surface area (Å²) in [5.41, 5.74) is 0. The van der Waals surface area contributed by atoms with Crippen LogP contribution in [0.15, 0.2) is 24.3 Å². The van der Waals surface area contributed by atoms with Crippen LogP contribution in [0.1, 0.15) is 13.8 Å². The maximum Gasteiger partial charge on any atom is 0.104 e. The van der Waals surface area contributed by atoms with Gasteiger partial charge in [0.2, 0.25) is 0 Å². The summed E-state index contributed by atoms with van der Waals surface area (Å²) in [4.78, 5) is 0. The third-order valence-electron chi connectivity index (χ3n) is 2.38. The molecule has 0 aromatic carbocycles. The summed E-state index contributed by atoms with van der Waals surface area (Å²) in [6.45, 7) is 3.16. The smallest absolute Gasteiger partial charge is 0.104 e. The van der Waals surface area contributed by atoms with Crippen LogP contribution in [-0.4, -0.2) is 50.4 Å². The second kappa shape index (κ2) is 5.33. The van der Waals surface area contributed by atoms with Crippen LogP contribution in [0.3, 0.4) is 0 Å². The Balaban J connectivity index is 0.000000437. The quantitative estimate of drug-likeness (QED) is 0.529. The lowest BCUT2D eigenvalue weighted by molar-refractivity contribution is -0.849. The third kappa shape index (κ3) is 5.48. The number of hydrogen-bond donors (Lipinski definition) is 0. The lowest BCUT2D eigenvalue weighted by Gasteiger charge is -2.35. The van der Waals surface area contributed by atoms with Gasteiger partial charge in [0.1, 0.15) is 10.1 Å². The summed E-state index contributed by atoms with van der Waals surface area (Å²) in [5, 5.41) is 0. The zero-order valence-corrected chi connectivity index (χ0v) is 12.3. The normalized spacial score (nSPS) is 28.5. The zero-order valence-electron chi connectivity index (χ0n) is 11.5. The Morgan fingerprint density at radius 2 is 1.59 bits per heavy atom. The molecule has 0 fully saturated rings. The van der Waals surface area contributed by atoms with Crippen LogP contribution in [0, 0.1) is 5.92 Å². The maximum atomic E-state index is 10.9. The average Bonchev–Trinajstić information content (AvgIpc) is 2.05. The molecule has 0 N–H and O–H groups in total. The van der Waals surface area contributed by atoms with Crippen molar-refractivity contribution in [1.82, 2.24) is 0 Å². The highest BCUT2D eigenvalue weighted by Crippen LogP contribution is 2.30. The monoisotopic (exact) mass is 261 g/mol. The van der Waals surface area contributed by atoms with E-state index in [1.807, 2.05) is 0 Å². The Morgan fingerprint density at radius 1 is 1.18 bits per heavy atom. The molecule has 100 valence electrons. The van der Waals surface area contributed by atoms with Crippen molar-refractivity contribution in [1.29, 1.82) is 0 Å². The van der Waals surface area contributed by atoms with Gasteiger partial charge in [0.25, 0.3) is 0 Å². The van der Waals surface area contributed by atoms with Gasteiger partial charge in [0.05, 0.1) is 32.9 Å². The number of allylic oxidation sites excluding steroid dienone is 3. The van der Waals surface area contributed by atoms with Crippen molar-refractivity contribution in [3.8, 4) is 0 Å². The minimum atomic E-state index is -4.26. The Hall–Kier alpha value is -0.650. The number of hydrogen-bond acceptors (Lipinski definition) is 3. The first-order valence-corrected chi connectivity index (χ1v) is 6.89. The molecule has 4 nitrogen and oxygen atoms in total. The van der Waals surface area contributed by atoms with Crippen LogP contribution in [0.2, 0.25) is 0 Å². The molecule has 1 aliphatic carbocycles. The number of rotatable bonds is 1. The molecule has 0 saturated heterocycles. The lowest BCUT2D eigenvalue weighted by atomic mass is 9.91. The summed E-state index contributed by atoms with van der Waals surface area (Å²) < 4.78 is 32.4. The first kappa shape index (κ1) is 16.4. The van der Waals surface area contributed by atoms with Crippen LogP contribution in [0.4, 0.5) is 0 Å². The molecule has 1 rings (SSSR count). The first-order chi connectivity index (χ1) is 7.38. The fraction of sp³-hybridized carbons (Fsp3) is 0.667. The summed E-state index contributed by atoms with van der Waals surface area (Å²) in [6, 6.07) is 0. The Labute approximate surface area is 105 Å². The van der Waals surface area contributed by atoms with E-state index in [0.717, 1.165) is 4.48 Å². The van der Waals surface area contributed by atoms with Crippen molar-refractivity contribution < 1.29 is 17.5 Å². The van der Waals surface area contributed by atoms with Gasteiger partial charge >= 0.3 is 0 Å². The lowest BCUT2D eigenvalue weighted by Crippen LogP contribution is -2.39. The Bertz CT molecular complexity index is 398. The minimum absolute atomic E-state index is 0.259. The van der Waals surface area contributed by atoms with E-state index in [9.17, 15) is 13.0 Å². The predicted molar refractivity (Wildman–Crippen MR) is 69.5 cm³/mol. The molecule has 2 atom stereocenters. The van der Waals surface area contributed by atoms with Crippen molar-refractivity contribution in [2.24, 2.45) is 5.92 Å². The standard InChI is InChI=1S/C8H12O3S.C4H12N/c1-7-5-3-4-6-8(7,2)12(9,10)11;1-5(2,3)4/h3-7H,1-2H3,(H,9,10,11);1-4H3/q;+1/p-1. The first-order valence-electron chi connectivity index (χ1n) is 5.48. The highest BCUT2D eigenvalue weighted by Gasteiger charge is 2.34. The molecule has 5 heteroatoms. The number of nitrogens with zero attached hydrogens (tertiary/aromatic N) is 1. The van der Waals surface area contributed by atoms with E-state index >= 15 is 0 Å². The average molecular weight is 261 g/mol. The van der Waals surface area contributed by atoms with E-state index in [4.69, 9.17) is 0 Å². The van der Waals surface area contributed by atoms with Gasteiger partial charge in [-0.25, -0.2) is 8.42 Å². The molecule has 0 radical (unpaired) electrons. The number of quaternary nitrogens is 1. The van der Waals surface area contributed by atoms with E-state index in [1.54, 1.807) is 25.2 Å². The largest absolute Gasteiger partial charge is 0.747 e. The van der Waals surface area contributed by atoms with Crippen molar-refractivity contribution in [3.05, 3.63) is 24.3 Å². The molecule has 0 spiro atoms. The molecule has 0 amide bonds. The van der Waals surface area contributed by atoms with Gasteiger partial charge in [-0.05, 0) is 12.8 Å². The van der Waals surface area contributed by atoms with Crippen LogP contribution in [-0.2, 0) is 10.1 Å². The van der Waals surface area contributed by atoms with E-state index in [0.29, 0.717) is 0 Å². The molecule has 0 aromatic rings.